The van der Waals surface area contributed by atoms with Gasteiger partial charge in [0.05, 0.1) is 4.90 Å². The first kappa shape index (κ1) is 17.1. The molecule has 1 unspecified atom stereocenters. The largest absolute Gasteiger partial charge is 1.00 e. The molecule has 0 aromatic heterocycles. The number of rotatable bonds is 2. The van der Waals surface area contributed by atoms with Crippen LogP contribution in [-0.4, -0.2) is 22.7 Å². The fourth-order valence-corrected chi connectivity index (χ4v) is 1.98. The summed E-state index contributed by atoms with van der Waals surface area (Å²) in [5, 5.41) is 0. The van der Waals surface area contributed by atoms with Crippen LogP contribution in [-0.2, 0) is 20.9 Å². The Morgan fingerprint density at radius 2 is 1.53 bits per heavy atom. The van der Waals surface area contributed by atoms with Crippen molar-refractivity contribution in [2.24, 2.45) is 0 Å². The van der Waals surface area contributed by atoms with Gasteiger partial charge in [-0.15, -0.1) is 0 Å². The third-order valence-corrected chi connectivity index (χ3v) is 3.79. The smallest absolute Gasteiger partial charge is 0.768 e. The molecule has 0 aliphatic rings. The number of hydrogen-bond acceptors (Lipinski definition) is 4. The molecule has 90 valence electrons. The van der Waals surface area contributed by atoms with Crippen LogP contribution in [0.1, 0.15) is 0 Å². The molecule has 1 rings (SSSR count). The molecule has 0 spiro atoms. The summed E-state index contributed by atoms with van der Waals surface area (Å²) in [5.41, 5.74) is -5.40. The first-order chi connectivity index (χ1) is 7.16. The van der Waals surface area contributed by atoms with Crippen molar-refractivity contribution in [2.45, 2.75) is 15.3 Å². The van der Waals surface area contributed by atoms with Crippen molar-refractivity contribution in [3.8, 4) is 0 Å². The van der Waals surface area contributed by atoms with E-state index in [2.05, 4.69) is 0 Å². The predicted octanol–water partition coefficient (Wildman–Crippen LogP) is -1.78. The molecule has 0 fully saturated rings. The summed E-state index contributed by atoms with van der Waals surface area (Å²) in [6, 6.07) is 2.74. The van der Waals surface area contributed by atoms with Gasteiger partial charge in [-0.3, -0.25) is 4.21 Å². The average molecular weight is 296 g/mol. The van der Waals surface area contributed by atoms with Gasteiger partial charge in [0.15, 0.2) is 0 Å². The number of hydrogen-bond donors (Lipinski definition) is 0. The Hall–Kier alpha value is 0.0700. The Bertz CT molecular complexity index is 509. The van der Waals surface area contributed by atoms with Gasteiger partial charge in [-0.1, -0.05) is 0 Å². The fraction of sp³-hybridized carbons (Fsp3) is 0.143. The Morgan fingerprint density at radius 3 is 1.82 bits per heavy atom. The van der Waals surface area contributed by atoms with Gasteiger partial charge in [0, 0.05) is 4.90 Å². The van der Waals surface area contributed by atoms with E-state index in [1.165, 1.54) is 0 Å². The Morgan fingerprint density at radius 1 is 1.12 bits per heavy atom. The number of alkyl halides is 3. The molecule has 17 heavy (non-hydrogen) atoms. The van der Waals surface area contributed by atoms with Crippen molar-refractivity contribution in [3.63, 3.8) is 0 Å². The zero-order chi connectivity index (χ0) is 12.6. The first-order valence-corrected chi connectivity index (χ1v) is 6.23. The molecule has 0 heterocycles. The van der Waals surface area contributed by atoms with Crippen LogP contribution in [0.4, 0.5) is 13.2 Å². The molecule has 0 amide bonds. The average Bonchev–Trinajstić information content (AvgIpc) is 2.16. The fourth-order valence-electron chi connectivity index (χ4n) is 0.864. The van der Waals surface area contributed by atoms with Crippen LogP contribution >= 0.6 is 0 Å². The van der Waals surface area contributed by atoms with E-state index < -0.39 is 31.3 Å². The van der Waals surface area contributed by atoms with Crippen molar-refractivity contribution in [1.29, 1.82) is 0 Å². The Kier molecular flexibility index (Phi) is 5.83. The van der Waals surface area contributed by atoms with Gasteiger partial charge < -0.3 is 4.55 Å². The van der Waals surface area contributed by atoms with Gasteiger partial charge in [-0.05, 0) is 35.3 Å². The Labute approximate surface area is 120 Å². The van der Waals surface area contributed by atoms with Crippen LogP contribution in [0.25, 0.3) is 0 Å². The van der Waals surface area contributed by atoms with E-state index in [4.69, 9.17) is 0 Å². The molecule has 0 saturated carbocycles. The number of sulfone groups is 1. The molecule has 4 nitrogen and oxygen atoms in total. The molecule has 1 aromatic carbocycles. The van der Waals surface area contributed by atoms with E-state index in [0.717, 1.165) is 12.1 Å². The summed E-state index contributed by atoms with van der Waals surface area (Å²) in [6.45, 7) is 0. The Balaban J connectivity index is 0.00000256. The predicted molar refractivity (Wildman–Crippen MR) is 46.9 cm³/mol. The maximum Gasteiger partial charge on any atom is 1.00 e. The van der Waals surface area contributed by atoms with Crippen LogP contribution in [0.5, 0.6) is 0 Å². The molecule has 0 N–H and O–H groups in total. The topological polar surface area (TPSA) is 74.3 Å². The van der Waals surface area contributed by atoms with Gasteiger partial charge in [0.2, 0.25) is 0 Å². The van der Waals surface area contributed by atoms with Crippen LogP contribution in [0.15, 0.2) is 34.1 Å². The van der Waals surface area contributed by atoms with Crippen molar-refractivity contribution in [2.75, 3.05) is 0 Å². The van der Waals surface area contributed by atoms with E-state index >= 15 is 0 Å². The molecule has 0 bridgehead atoms. The van der Waals surface area contributed by atoms with E-state index in [0.29, 0.717) is 12.1 Å². The van der Waals surface area contributed by atoms with Gasteiger partial charge in [0.25, 0.3) is 9.84 Å². The molecule has 0 saturated heterocycles. The maximum absolute atomic E-state index is 12.1. The minimum atomic E-state index is -5.42. The summed E-state index contributed by atoms with van der Waals surface area (Å²) in [6.07, 6.45) is 0. The zero-order valence-electron chi connectivity index (χ0n) is 8.39. The van der Waals surface area contributed by atoms with Gasteiger partial charge >= 0.3 is 35.1 Å². The van der Waals surface area contributed by atoms with Crippen LogP contribution in [0.2, 0.25) is 0 Å². The first-order valence-electron chi connectivity index (χ1n) is 3.67. The van der Waals surface area contributed by atoms with Gasteiger partial charge in [0.1, 0.15) is 0 Å². The van der Waals surface area contributed by atoms with Crippen molar-refractivity contribution < 1.29 is 59.9 Å². The second-order valence-corrected chi connectivity index (χ2v) is 5.54. The normalized spacial score (nSPS) is 13.9. The van der Waals surface area contributed by atoms with E-state index in [1.807, 2.05) is 0 Å². The summed E-state index contributed by atoms with van der Waals surface area (Å²) in [5.74, 6) is 0. The standard InChI is InChI=1S/C7H5F3O4S2.Na/c8-7(9,10)16(13,14)6-3-1-5(2-4-6)15(11)12;/h1-4H,(H,11,12);/q;+1/p-1. The monoisotopic (exact) mass is 296 g/mol. The number of benzene rings is 1. The van der Waals surface area contributed by atoms with Crippen LogP contribution in [0, 0.1) is 0 Å². The summed E-state index contributed by atoms with van der Waals surface area (Å²) >= 11 is -2.61. The summed E-state index contributed by atoms with van der Waals surface area (Å²) in [4.78, 5) is -1.28. The molecular formula is C7H4F3NaO4S2. The second kappa shape index (κ2) is 5.81. The van der Waals surface area contributed by atoms with E-state index in [1.54, 1.807) is 0 Å². The summed E-state index contributed by atoms with van der Waals surface area (Å²) < 4.78 is 78.7. The summed E-state index contributed by atoms with van der Waals surface area (Å²) in [7, 11) is -5.42. The van der Waals surface area contributed by atoms with Crippen molar-refractivity contribution in [3.05, 3.63) is 24.3 Å². The minimum Gasteiger partial charge on any atom is -0.768 e. The van der Waals surface area contributed by atoms with E-state index in [-0.39, 0.29) is 34.5 Å². The van der Waals surface area contributed by atoms with Crippen molar-refractivity contribution in [1.82, 2.24) is 0 Å². The molecule has 0 aliphatic carbocycles. The van der Waals surface area contributed by atoms with E-state index in [9.17, 15) is 30.4 Å². The third-order valence-electron chi connectivity index (χ3n) is 1.63. The van der Waals surface area contributed by atoms with Gasteiger partial charge in [-0.25, -0.2) is 8.42 Å². The molecular weight excluding hydrogens is 292 g/mol. The zero-order valence-corrected chi connectivity index (χ0v) is 12.0. The maximum atomic E-state index is 12.1. The van der Waals surface area contributed by atoms with Crippen LogP contribution < -0.4 is 29.6 Å². The molecule has 1 aromatic rings. The SMILES string of the molecule is O=S([O-])c1ccc(S(=O)(=O)C(F)(F)F)cc1.[Na+]. The quantitative estimate of drug-likeness (QED) is 0.478. The van der Waals surface area contributed by atoms with Crippen LogP contribution in [0.3, 0.4) is 0 Å². The minimum absolute atomic E-state index is 0. The number of halogens is 3. The molecule has 0 radical (unpaired) electrons. The van der Waals surface area contributed by atoms with Gasteiger partial charge in [-0.2, -0.15) is 13.2 Å². The van der Waals surface area contributed by atoms with Crippen molar-refractivity contribution >= 4 is 20.9 Å². The molecule has 10 heteroatoms. The second-order valence-electron chi connectivity index (χ2n) is 2.66. The molecule has 1 atom stereocenters. The molecule has 0 aliphatic heterocycles. The third kappa shape index (κ3) is 3.76.